The van der Waals surface area contributed by atoms with Crippen LogP contribution in [0.5, 0.6) is 11.6 Å². The molecule has 10 heteroatoms. The second-order valence-corrected chi connectivity index (χ2v) is 8.84. The summed E-state index contributed by atoms with van der Waals surface area (Å²) in [6.45, 7) is -0.00167. The number of hydrogen-bond donors (Lipinski definition) is 3. The number of carbonyl (C=O) groups excluding carboxylic acids is 2. The summed E-state index contributed by atoms with van der Waals surface area (Å²) in [5.41, 5.74) is 2.77. The number of benzene rings is 3. The normalized spacial score (nSPS) is 17.5. The largest absolute Gasteiger partial charge is 0.497 e. The molecule has 2 aromatic heterocycles. The van der Waals surface area contributed by atoms with Crippen molar-refractivity contribution in [2.75, 3.05) is 7.11 Å². The average Bonchev–Trinajstić information content (AvgIpc) is 3.51. The molecule has 3 aromatic carbocycles. The number of amides is 3. The molecule has 0 spiro atoms. The summed E-state index contributed by atoms with van der Waals surface area (Å²) in [6, 6.07) is 18.1. The molecule has 0 unspecified atom stereocenters. The second kappa shape index (κ2) is 7.84. The van der Waals surface area contributed by atoms with E-state index in [2.05, 4.69) is 20.9 Å². The molecule has 180 valence electrons. The van der Waals surface area contributed by atoms with Gasteiger partial charge >= 0.3 is 6.03 Å². The lowest BCUT2D eigenvalue weighted by atomic mass is 9.88. The van der Waals surface area contributed by atoms with Crippen LogP contribution in [0.3, 0.4) is 0 Å². The smallest absolute Gasteiger partial charge is 0.322 e. The Balaban J connectivity index is 1.39. The van der Waals surface area contributed by atoms with Gasteiger partial charge in [0.1, 0.15) is 11.3 Å². The van der Waals surface area contributed by atoms with Crippen molar-refractivity contribution in [3.8, 4) is 22.8 Å². The zero-order chi connectivity index (χ0) is 25.0. The third-order valence-electron chi connectivity index (χ3n) is 6.74. The van der Waals surface area contributed by atoms with Gasteiger partial charge in [0.15, 0.2) is 11.4 Å². The van der Waals surface area contributed by atoms with Crippen molar-refractivity contribution in [2.45, 2.75) is 12.1 Å². The van der Waals surface area contributed by atoms with Gasteiger partial charge in [-0.15, -0.1) is 5.10 Å². The zero-order valence-electron chi connectivity index (χ0n) is 19.5. The van der Waals surface area contributed by atoms with Gasteiger partial charge in [0, 0.05) is 24.0 Å². The van der Waals surface area contributed by atoms with E-state index in [4.69, 9.17) is 4.74 Å². The van der Waals surface area contributed by atoms with Crippen molar-refractivity contribution in [1.82, 2.24) is 30.2 Å². The number of fused-ring (bicyclic) bond motifs is 2. The van der Waals surface area contributed by atoms with E-state index in [1.165, 1.54) is 0 Å². The van der Waals surface area contributed by atoms with Gasteiger partial charge < -0.3 is 19.7 Å². The Morgan fingerprint density at radius 3 is 2.53 bits per heavy atom. The third kappa shape index (κ3) is 3.26. The van der Waals surface area contributed by atoms with E-state index in [0.29, 0.717) is 16.7 Å². The topological polar surface area (TPSA) is 123 Å². The Kier molecular flexibility index (Phi) is 4.72. The predicted molar refractivity (Wildman–Crippen MR) is 132 cm³/mol. The molecule has 1 fully saturated rings. The van der Waals surface area contributed by atoms with Gasteiger partial charge in [-0.25, -0.2) is 9.48 Å². The van der Waals surface area contributed by atoms with Crippen LogP contribution in [0.25, 0.3) is 32.9 Å². The van der Waals surface area contributed by atoms with Gasteiger partial charge in [0.25, 0.3) is 5.91 Å². The Bertz CT molecular complexity index is 1670. The highest BCUT2D eigenvalue weighted by molar-refractivity contribution is 6.07. The maximum absolute atomic E-state index is 13.1. The maximum Gasteiger partial charge on any atom is 0.322 e. The lowest BCUT2D eigenvalue weighted by Gasteiger charge is -2.27. The number of carbonyl (C=O) groups is 2. The van der Waals surface area contributed by atoms with Crippen LogP contribution >= 0.6 is 0 Å². The molecule has 0 bridgehead atoms. The molecule has 5 aromatic rings. The van der Waals surface area contributed by atoms with Gasteiger partial charge in [0.05, 0.1) is 19.2 Å². The van der Waals surface area contributed by atoms with E-state index in [1.807, 2.05) is 55.6 Å². The number of imide groups is 1. The first-order valence-corrected chi connectivity index (χ1v) is 11.3. The van der Waals surface area contributed by atoms with Crippen molar-refractivity contribution in [2.24, 2.45) is 7.05 Å². The van der Waals surface area contributed by atoms with Crippen LogP contribution in [-0.2, 0) is 23.9 Å². The highest BCUT2D eigenvalue weighted by Crippen LogP contribution is 2.35. The standard InChI is InChI=1S/C26H22N6O4/c1-31-22-10-6-16(11-21(22)29-30-31)15-3-7-18(8-4-15)26(24(34)27-25(35)28-26)14-32-13-17-5-9-19(36-2)12-20(17)23(32)33/h3-13,33H,14H2,1-2H3,(H2,27,28,34,35)/t26-/m0/s1. The molecule has 6 rings (SSSR count). The fourth-order valence-electron chi connectivity index (χ4n) is 4.79. The minimum Gasteiger partial charge on any atom is -0.497 e. The highest BCUT2D eigenvalue weighted by Gasteiger charge is 2.48. The minimum absolute atomic E-state index is 0.00167. The molecule has 1 aliphatic rings. The number of nitrogens with one attached hydrogen (secondary N) is 2. The lowest BCUT2D eigenvalue weighted by Crippen LogP contribution is -2.47. The van der Waals surface area contributed by atoms with Gasteiger partial charge in [0.2, 0.25) is 0 Å². The van der Waals surface area contributed by atoms with Crippen molar-refractivity contribution in [1.29, 1.82) is 0 Å². The first-order chi connectivity index (χ1) is 17.4. The summed E-state index contributed by atoms with van der Waals surface area (Å²) in [6.07, 6.45) is 1.74. The Labute approximate surface area is 205 Å². The molecule has 0 aliphatic carbocycles. The number of hydrogen-bond acceptors (Lipinski definition) is 6. The van der Waals surface area contributed by atoms with Crippen LogP contribution in [0.4, 0.5) is 4.79 Å². The number of rotatable bonds is 5. The summed E-state index contributed by atoms with van der Waals surface area (Å²) < 4.78 is 8.54. The Morgan fingerprint density at radius 2 is 1.81 bits per heavy atom. The monoisotopic (exact) mass is 482 g/mol. The molecular formula is C26H22N6O4. The summed E-state index contributed by atoms with van der Waals surface area (Å²) in [4.78, 5) is 25.4. The summed E-state index contributed by atoms with van der Waals surface area (Å²) >= 11 is 0. The molecule has 0 radical (unpaired) electrons. The lowest BCUT2D eigenvalue weighted by molar-refractivity contribution is -0.124. The average molecular weight is 483 g/mol. The Morgan fingerprint density at radius 1 is 1.03 bits per heavy atom. The van der Waals surface area contributed by atoms with Crippen LogP contribution < -0.4 is 15.4 Å². The highest BCUT2D eigenvalue weighted by atomic mass is 16.5. The summed E-state index contributed by atoms with van der Waals surface area (Å²) in [5.74, 6) is 0.0921. The molecule has 1 aliphatic heterocycles. The van der Waals surface area contributed by atoms with Crippen molar-refractivity contribution in [3.63, 3.8) is 0 Å². The fraction of sp³-hybridized carbons (Fsp3) is 0.154. The van der Waals surface area contributed by atoms with Crippen LogP contribution in [0, 0.1) is 0 Å². The van der Waals surface area contributed by atoms with E-state index < -0.39 is 17.5 Å². The number of aryl methyl sites for hydroxylation is 1. The van der Waals surface area contributed by atoms with Gasteiger partial charge in [-0.2, -0.15) is 0 Å². The minimum atomic E-state index is -1.40. The summed E-state index contributed by atoms with van der Waals surface area (Å²) in [7, 11) is 3.39. The van der Waals surface area contributed by atoms with E-state index in [1.54, 1.807) is 34.7 Å². The third-order valence-corrected chi connectivity index (χ3v) is 6.74. The number of aromatic hydroxyl groups is 1. The number of methoxy groups -OCH3 is 1. The second-order valence-electron chi connectivity index (χ2n) is 8.84. The molecule has 10 nitrogen and oxygen atoms in total. The van der Waals surface area contributed by atoms with Crippen LogP contribution in [0.15, 0.2) is 66.9 Å². The van der Waals surface area contributed by atoms with Crippen LogP contribution in [0.1, 0.15) is 5.56 Å². The van der Waals surface area contributed by atoms with Crippen LogP contribution in [-0.4, -0.2) is 43.7 Å². The van der Waals surface area contributed by atoms with E-state index in [9.17, 15) is 14.7 Å². The number of aromatic nitrogens is 4. The number of ether oxygens (including phenoxy) is 1. The molecular weight excluding hydrogens is 460 g/mol. The number of nitrogens with zero attached hydrogens (tertiary/aromatic N) is 4. The molecule has 0 saturated carbocycles. The Hall–Kier alpha value is -4.86. The zero-order valence-corrected chi connectivity index (χ0v) is 19.5. The maximum atomic E-state index is 13.1. The SMILES string of the molecule is COc1ccc2cn(C[C@@]3(c4ccc(-c5ccc6c(c5)nnn6C)cc4)NC(=O)NC3=O)c(O)c2c1. The summed E-state index contributed by atoms with van der Waals surface area (Å²) in [5, 5.41) is 25.6. The molecule has 3 N–H and O–H groups in total. The van der Waals surface area contributed by atoms with E-state index in [-0.39, 0.29) is 12.4 Å². The molecule has 3 heterocycles. The molecule has 1 atom stereocenters. The first kappa shape index (κ1) is 21.7. The molecule has 1 saturated heterocycles. The predicted octanol–water partition coefficient (Wildman–Crippen LogP) is 3.04. The van der Waals surface area contributed by atoms with E-state index in [0.717, 1.165) is 27.5 Å². The van der Waals surface area contributed by atoms with Gasteiger partial charge in [-0.3, -0.25) is 10.1 Å². The quantitative estimate of drug-likeness (QED) is 0.331. The number of urea groups is 1. The van der Waals surface area contributed by atoms with Crippen molar-refractivity contribution in [3.05, 3.63) is 72.4 Å². The fourth-order valence-corrected chi connectivity index (χ4v) is 4.79. The van der Waals surface area contributed by atoms with Crippen molar-refractivity contribution >= 4 is 33.7 Å². The molecule has 3 amide bonds. The van der Waals surface area contributed by atoms with Gasteiger partial charge in [-0.1, -0.05) is 35.5 Å². The molecule has 36 heavy (non-hydrogen) atoms. The van der Waals surface area contributed by atoms with E-state index >= 15 is 0 Å². The van der Waals surface area contributed by atoms with Gasteiger partial charge in [-0.05, 0) is 47.0 Å². The van der Waals surface area contributed by atoms with Crippen LogP contribution in [0.2, 0.25) is 0 Å². The first-order valence-electron chi connectivity index (χ1n) is 11.3. The van der Waals surface area contributed by atoms with Crippen molar-refractivity contribution < 1.29 is 19.4 Å².